The quantitative estimate of drug-likeness (QED) is 0.632. The molecule has 0 spiro atoms. The summed E-state index contributed by atoms with van der Waals surface area (Å²) >= 11 is 0. The van der Waals surface area contributed by atoms with Crippen molar-refractivity contribution in [1.29, 1.82) is 0 Å². The van der Waals surface area contributed by atoms with Crippen molar-refractivity contribution in [3.05, 3.63) is 47.8 Å². The molecular formula is C21H24N4O3. The monoisotopic (exact) mass is 380 g/mol. The highest BCUT2D eigenvalue weighted by Crippen LogP contribution is 2.29. The Labute approximate surface area is 164 Å². The lowest BCUT2D eigenvalue weighted by Gasteiger charge is -2.11. The molecule has 7 nitrogen and oxygen atoms in total. The van der Waals surface area contributed by atoms with Crippen molar-refractivity contribution in [3.8, 4) is 11.5 Å². The molecule has 0 saturated heterocycles. The summed E-state index contributed by atoms with van der Waals surface area (Å²) in [6.07, 6.45) is 4.83. The Bertz CT molecular complexity index is 1020. The number of ether oxygens (including phenoxy) is 2. The predicted octanol–water partition coefficient (Wildman–Crippen LogP) is 3.73. The van der Waals surface area contributed by atoms with Gasteiger partial charge in [-0.3, -0.25) is 9.48 Å². The molecule has 3 aromatic rings. The molecule has 0 aliphatic rings. The number of nitrogens with one attached hydrogen (secondary N) is 1. The molecular weight excluding hydrogens is 356 g/mol. The molecule has 28 heavy (non-hydrogen) atoms. The van der Waals surface area contributed by atoms with E-state index in [9.17, 15) is 4.79 Å². The first kappa shape index (κ1) is 19.4. The highest BCUT2D eigenvalue weighted by molar-refractivity contribution is 6.02. The van der Waals surface area contributed by atoms with E-state index in [1.807, 2.05) is 52.1 Å². The first-order valence-electron chi connectivity index (χ1n) is 9.19. The number of rotatable bonds is 7. The van der Waals surface area contributed by atoms with Gasteiger partial charge in [-0.05, 0) is 50.6 Å². The van der Waals surface area contributed by atoms with E-state index >= 15 is 0 Å². The average molecular weight is 380 g/mol. The number of carbonyl (C=O) groups is 1. The van der Waals surface area contributed by atoms with E-state index in [4.69, 9.17) is 9.47 Å². The molecule has 1 N–H and O–H groups in total. The van der Waals surface area contributed by atoms with E-state index in [-0.39, 0.29) is 5.91 Å². The van der Waals surface area contributed by atoms with Crippen molar-refractivity contribution in [2.45, 2.75) is 20.8 Å². The van der Waals surface area contributed by atoms with E-state index in [1.54, 1.807) is 17.0 Å². The molecule has 3 rings (SSSR count). The Morgan fingerprint density at radius 3 is 2.68 bits per heavy atom. The van der Waals surface area contributed by atoms with Crippen LogP contribution >= 0.6 is 0 Å². The third kappa shape index (κ3) is 4.31. The fraction of sp³-hybridized carbons (Fsp3) is 0.286. The van der Waals surface area contributed by atoms with Crippen LogP contribution in [0.5, 0.6) is 11.5 Å². The minimum absolute atomic E-state index is 0.241. The van der Waals surface area contributed by atoms with Crippen molar-refractivity contribution >= 4 is 28.7 Å². The third-order valence-corrected chi connectivity index (χ3v) is 4.13. The number of anilines is 1. The maximum absolute atomic E-state index is 12.3. The molecule has 1 aromatic carbocycles. The molecule has 0 bridgehead atoms. The number of hydrogen-bond acceptors (Lipinski definition) is 5. The van der Waals surface area contributed by atoms with Crippen LogP contribution in [-0.4, -0.2) is 33.9 Å². The number of carbonyl (C=O) groups excluding carboxylic acids is 1. The minimum Gasteiger partial charge on any atom is -0.490 e. The fourth-order valence-corrected chi connectivity index (χ4v) is 2.90. The molecule has 0 fully saturated rings. The van der Waals surface area contributed by atoms with Gasteiger partial charge in [-0.15, -0.1) is 0 Å². The number of amides is 1. The lowest BCUT2D eigenvalue weighted by atomic mass is 10.2. The van der Waals surface area contributed by atoms with Gasteiger partial charge in [0.25, 0.3) is 0 Å². The Morgan fingerprint density at radius 1 is 1.18 bits per heavy atom. The standard InChI is InChI=1S/C21H24N4O3/c1-5-27-18-9-7-15(11-19(18)28-6-2)8-10-20(26)23-16-12-17-14(3)24-25(4)21(17)22-13-16/h7-13H,5-6H2,1-4H3,(H,23,26)/b10-8+. The molecule has 2 aromatic heterocycles. The number of benzene rings is 1. The maximum Gasteiger partial charge on any atom is 0.248 e. The Kier molecular flexibility index (Phi) is 5.93. The van der Waals surface area contributed by atoms with Crippen LogP contribution in [0.25, 0.3) is 17.1 Å². The lowest BCUT2D eigenvalue weighted by molar-refractivity contribution is -0.111. The highest BCUT2D eigenvalue weighted by atomic mass is 16.5. The van der Waals surface area contributed by atoms with Gasteiger partial charge in [0.1, 0.15) is 0 Å². The van der Waals surface area contributed by atoms with Crippen LogP contribution in [0, 0.1) is 6.92 Å². The van der Waals surface area contributed by atoms with Gasteiger partial charge >= 0.3 is 0 Å². The van der Waals surface area contributed by atoms with Crippen LogP contribution in [0.2, 0.25) is 0 Å². The van der Waals surface area contributed by atoms with E-state index < -0.39 is 0 Å². The summed E-state index contributed by atoms with van der Waals surface area (Å²) in [6, 6.07) is 7.45. The Hall–Kier alpha value is -3.35. The summed E-state index contributed by atoms with van der Waals surface area (Å²) in [5.74, 6) is 1.11. The fourth-order valence-electron chi connectivity index (χ4n) is 2.90. The maximum atomic E-state index is 12.3. The van der Waals surface area contributed by atoms with Crippen molar-refractivity contribution in [2.24, 2.45) is 7.05 Å². The zero-order valence-electron chi connectivity index (χ0n) is 16.5. The summed E-state index contributed by atoms with van der Waals surface area (Å²) < 4.78 is 12.9. The van der Waals surface area contributed by atoms with Crippen LogP contribution in [0.15, 0.2) is 36.5 Å². The summed E-state index contributed by atoms with van der Waals surface area (Å²) in [5.41, 5.74) is 3.12. The number of nitrogens with zero attached hydrogens (tertiary/aromatic N) is 3. The van der Waals surface area contributed by atoms with Gasteiger partial charge in [-0.2, -0.15) is 5.10 Å². The second-order valence-corrected chi connectivity index (χ2v) is 6.20. The summed E-state index contributed by atoms with van der Waals surface area (Å²) in [6.45, 7) is 6.86. The minimum atomic E-state index is -0.241. The number of aryl methyl sites for hydroxylation is 2. The molecule has 0 saturated carbocycles. The smallest absolute Gasteiger partial charge is 0.248 e. The largest absolute Gasteiger partial charge is 0.490 e. The Balaban J connectivity index is 1.73. The van der Waals surface area contributed by atoms with E-state index in [1.165, 1.54) is 6.08 Å². The molecule has 2 heterocycles. The number of fused-ring (bicyclic) bond motifs is 1. The van der Waals surface area contributed by atoms with Gasteiger partial charge in [0, 0.05) is 18.5 Å². The van der Waals surface area contributed by atoms with E-state index in [0.29, 0.717) is 30.4 Å². The second-order valence-electron chi connectivity index (χ2n) is 6.20. The topological polar surface area (TPSA) is 78.3 Å². The molecule has 0 aliphatic heterocycles. The van der Waals surface area contributed by atoms with Crippen LogP contribution < -0.4 is 14.8 Å². The van der Waals surface area contributed by atoms with Gasteiger partial charge in [0.15, 0.2) is 17.1 Å². The predicted molar refractivity (Wildman–Crippen MR) is 110 cm³/mol. The molecule has 0 unspecified atom stereocenters. The van der Waals surface area contributed by atoms with Crippen LogP contribution in [0.4, 0.5) is 5.69 Å². The first-order valence-corrected chi connectivity index (χ1v) is 9.19. The zero-order chi connectivity index (χ0) is 20.1. The molecule has 0 atom stereocenters. The number of hydrogen-bond donors (Lipinski definition) is 1. The molecule has 7 heteroatoms. The SMILES string of the molecule is CCOc1ccc(/C=C/C(=O)Nc2cnc3c(c2)c(C)nn3C)cc1OCC. The zero-order valence-corrected chi connectivity index (χ0v) is 16.5. The van der Waals surface area contributed by atoms with Crippen LogP contribution in [-0.2, 0) is 11.8 Å². The van der Waals surface area contributed by atoms with Gasteiger partial charge in [-0.25, -0.2) is 4.98 Å². The summed E-state index contributed by atoms with van der Waals surface area (Å²) in [5, 5.41) is 8.08. The molecule has 1 amide bonds. The summed E-state index contributed by atoms with van der Waals surface area (Å²) in [4.78, 5) is 16.7. The van der Waals surface area contributed by atoms with Crippen molar-refractivity contribution in [3.63, 3.8) is 0 Å². The third-order valence-electron chi connectivity index (χ3n) is 4.13. The molecule has 0 aliphatic carbocycles. The first-order chi connectivity index (χ1) is 13.5. The molecule has 0 radical (unpaired) electrons. The number of pyridine rings is 1. The normalized spacial score (nSPS) is 11.1. The number of aromatic nitrogens is 3. The van der Waals surface area contributed by atoms with E-state index in [2.05, 4.69) is 15.4 Å². The van der Waals surface area contributed by atoms with Crippen LogP contribution in [0.3, 0.4) is 0 Å². The van der Waals surface area contributed by atoms with Gasteiger partial charge in [0.05, 0.1) is 30.8 Å². The van der Waals surface area contributed by atoms with Gasteiger partial charge in [-0.1, -0.05) is 6.07 Å². The van der Waals surface area contributed by atoms with Gasteiger partial charge in [0.2, 0.25) is 5.91 Å². The van der Waals surface area contributed by atoms with Gasteiger partial charge < -0.3 is 14.8 Å². The second kappa shape index (κ2) is 8.56. The lowest BCUT2D eigenvalue weighted by Crippen LogP contribution is -2.08. The van der Waals surface area contributed by atoms with E-state index in [0.717, 1.165) is 22.3 Å². The van der Waals surface area contributed by atoms with Crippen molar-refractivity contribution in [2.75, 3.05) is 18.5 Å². The van der Waals surface area contributed by atoms with Crippen molar-refractivity contribution < 1.29 is 14.3 Å². The summed E-state index contributed by atoms with van der Waals surface area (Å²) in [7, 11) is 1.84. The van der Waals surface area contributed by atoms with Crippen molar-refractivity contribution in [1.82, 2.24) is 14.8 Å². The highest BCUT2D eigenvalue weighted by Gasteiger charge is 2.08. The Morgan fingerprint density at radius 2 is 1.93 bits per heavy atom. The molecule has 146 valence electrons. The average Bonchev–Trinajstić information content (AvgIpc) is 2.96. The van der Waals surface area contributed by atoms with Crippen LogP contribution in [0.1, 0.15) is 25.1 Å².